The summed E-state index contributed by atoms with van der Waals surface area (Å²) in [5.41, 5.74) is 11.8. The summed E-state index contributed by atoms with van der Waals surface area (Å²) in [4.78, 5) is 5.20. The van der Waals surface area contributed by atoms with Gasteiger partial charge in [0.1, 0.15) is 0 Å². The Kier molecular flexibility index (Phi) is 7.52. The first-order valence-corrected chi connectivity index (χ1v) is 13.4. The third-order valence-electron chi connectivity index (χ3n) is 6.74. The van der Waals surface area contributed by atoms with Gasteiger partial charge in [-0.05, 0) is 0 Å². The van der Waals surface area contributed by atoms with Crippen LogP contribution in [0, 0.1) is 41.5 Å². The van der Waals surface area contributed by atoms with Gasteiger partial charge in [0.15, 0.2) is 0 Å². The summed E-state index contributed by atoms with van der Waals surface area (Å²) in [5.74, 6) is 0.942. The summed E-state index contributed by atoms with van der Waals surface area (Å²) in [7, 11) is 0. The summed E-state index contributed by atoms with van der Waals surface area (Å²) < 4.78 is 7.51. The standard InChI is InChI=1S/C31H38N2O.Ru/c1-20(2)34-28-12-10-9-11-27(28)19-29-32(30-23(5)15-21(3)16-24(30)6)13-14-33(29)31-25(7)17-22(4)18-26(31)8;/h9-12,15-18,20,29H,13-14H2,1-8H3;/q;+1. The molecule has 3 nitrogen and oxygen atoms in total. The summed E-state index contributed by atoms with van der Waals surface area (Å²) in [6, 6.07) is 17.7. The van der Waals surface area contributed by atoms with Gasteiger partial charge in [-0.2, -0.15) is 0 Å². The molecule has 1 aliphatic heterocycles. The van der Waals surface area contributed by atoms with Crippen LogP contribution in [0.15, 0.2) is 48.5 Å². The minimum atomic E-state index is 0.0727. The van der Waals surface area contributed by atoms with E-state index < -0.39 is 0 Å². The Hall–Kier alpha value is -2.45. The van der Waals surface area contributed by atoms with E-state index in [1.807, 2.05) is 0 Å². The number of hydrogen-bond donors (Lipinski definition) is 0. The molecule has 0 radical (unpaired) electrons. The van der Waals surface area contributed by atoms with Crippen LogP contribution in [0.3, 0.4) is 0 Å². The Morgan fingerprint density at radius 2 is 1.20 bits per heavy atom. The van der Waals surface area contributed by atoms with E-state index in [1.165, 1.54) is 48.9 Å². The molecule has 1 fully saturated rings. The molecule has 0 saturated carbocycles. The van der Waals surface area contributed by atoms with Crippen LogP contribution < -0.4 is 14.5 Å². The molecule has 35 heavy (non-hydrogen) atoms. The first kappa shape index (κ1) is 25.6. The molecule has 1 saturated heterocycles. The van der Waals surface area contributed by atoms with Gasteiger partial charge in [-0.25, -0.2) is 0 Å². The zero-order valence-electron chi connectivity index (χ0n) is 22.3. The van der Waals surface area contributed by atoms with Crippen LogP contribution in [0.5, 0.6) is 5.75 Å². The van der Waals surface area contributed by atoms with E-state index in [0.717, 1.165) is 24.4 Å². The average molecular weight is 556 g/mol. The molecule has 0 unspecified atom stereocenters. The van der Waals surface area contributed by atoms with E-state index in [4.69, 9.17) is 4.74 Å². The molecule has 0 bridgehead atoms. The fourth-order valence-electron chi connectivity index (χ4n) is 5.77. The van der Waals surface area contributed by atoms with Gasteiger partial charge in [0, 0.05) is 0 Å². The van der Waals surface area contributed by atoms with E-state index in [0.29, 0.717) is 0 Å². The molecule has 0 aromatic heterocycles. The molecule has 3 aromatic rings. The van der Waals surface area contributed by atoms with Crippen LogP contribution in [0.1, 0.15) is 52.8 Å². The van der Waals surface area contributed by atoms with Crippen molar-refractivity contribution in [2.75, 3.05) is 22.9 Å². The monoisotopic (exact) mass is 556 g/mol. The number of para-hydroxylation sites is 1. The van der Waals surface area contributed by atoms with E-state index in [2.05, 4.69) is 132 Å². The summed E-state index contributed by atoms with van der Waals surface area (Å²) in [6.07, 6.45) is 0.193. The molecule has 1 heterocycles. The predicted octanol–water partition coefficient (Wildman–Crippen LogP) is 6.74. The minimum absolute atomic E-state index is 0.0727. The van der Waals surface area contributed by atoms with Crippen molar-refractivity contribution in [3.8, 4) is 5.75 Å². The number of hydrogen-bond acceptors (Lipinski definition) is 3. The molecule has 1 aliphatic rings. The van der Waals surface area contributed by atoms with Crippen LogP contribution in [-0.2, 0) is 17.9 Å². The molecule has 185 valence electrons. The Bertz CT molecular complexity index is 1150. The van der Waals surface area contributed by atoms with Gasteiger partial charge in [0.25, 0.3) is 0 Å². The Labute approximate surface area is 221 Å². The molecule has 0 amide bonds. The Morgan fingerprint density at radius 3 is 1.63 bits per heavy atom. The van der Waals surface area contributed by atoms with Crippen LogP contribution >= 0.6 is 0 Å². The fourth-order valence-corrected chi connectivity index (χ4v) is 6.67. The fraction of sp³-hybridized carbons (Fsp3) is 0.387. The van der Waals surface area contributed by atoms with Crippen molar-refractivity contribution in [1.29, 1.82) is 0 Å². The normalized spacial score (nSPS) is 14.2. The molecule has 0 spiro atoms. The molecular formula is C31H38N2ORu+. The maximum atomic E-state index is 6.27. The molecule has 4 rings (SSSR count). The first-order valence-electron chi connectivity index (χ1n) is 12.5. The Balaban J connectivity index is 1.89. The van der Waals surface area contributed by atoms with Crippen molar-refractivity contribution in [3.63, 3.8) is 0 Å². The van der Waals surface area contributed by atoms with Gasteiger partial charge in [-0.15, -0.1) is 0 Å². The van der Waals surface area contributed by atoms with Crippen molar-refractivity contribution in [2.24, 2.45) is 0 Å². The van der Waals surface area contributed by atoms with E-state index >= 15 is 0 Å². The predicted molar refractivity (Wildman–Crippen MR) is 146 cm³/mol. The topological polar surface area (TPSA) is 15.7 Å². The number of rotatable bonds is 6. The second-order valence-corrected chi connectivity index (χ2v) is 11.2. The van der Waals surface area contributed by atoms with E-state index in [-0.39, 0.29) is 12.3 Å². The van der Waals surface area contributed by atoms with Gasteiger partial charge in [-0.1, -0.05) is 0 Å². The quantitative estimate of drug-likeness (QED) is 0.313. The SMILES string of the molecule is Cc1cc(C)c(N2CCN(c3c(C)cc(C)cc3C)C2[C](=[Ru+])c2ccccc2OC(C)C)c(C)c1. The van der Waals surface area contributed by atoms with Crippen molar-refractivity contribution in [3.05, 3.63) is 87.5 Å². The zero-order chi connectivity index (χ0) is 25.4. The molecule has 0 aliphatic carbocycles. The third-order valence-corrected chi connectivity index (χ3v) is 7.66. The molecular weight excluding hydrogens is 517 g/mol. The number of ether oxygens (including phenoxy) is 1. The second kappa shape index (κ2) is 10.3. The van der Waals surface area contributed by atoms with Crippen molar-refractivity contribution in [1.82, 2.24) is 0 Å². The molecule has 0 N–H and O–H groups in total. The van der Waals surface area contributed by atoms with Crippen LogP contribution in [0.25, 0.3) is 0 Å². The third kappa shape index (κ3) is 5.09. The number of benzene rings is 3. The van der Waals surface area contributed by atoms with Gasteiger partial charge in [0.05, 0.1) is 0 Å². The van der Waals surface area contributed by atoms with Gasteiger partial charge in [0.2, 0.25) is 0 Å². The van der Waals surface area contributed by atoms with Gasteiger partial charge in [-0.3, -0.25) is 0 Å². The number of aryl methyl sites for hydroxylation is 6. The van der Waals surface area contributed by atoms with E-state index in [9.17, 15) is 0 Å². The second-order valence-electron chi connectivity index (χ2n) is 10.3. The molecule has 0 atom stereocenters. The first-order chi connectivity index (χ1) is 16.6. The van der Waals surface area contributed by atoms with Crippen molar-refractivity contribution >= 4 is 15.5 Å². The summed E-state index contributed by atoms with van der Waals surface area (Å²) in [6.45, 7) is 19.5. The van der Waals surface area contributed by atoms with Crippen LogP contribution in [0.2, 0.25) is 0 Å². The van der Waals surface area contributed by atoms with Gasteiger partial charge < -0.3 is 0 Å². The number of anilines is 2. The van der Waals surface area contributed by atoms with Crippen molar-refractivity contribution < 1.29 is 22.6 Å². The maximum absolute atomic E-state index is 6.27. The summed E-state index contributed by atoms with van der Waals surface area (Å²) in [5, 5.41) is 0. The average Bonchev–Trinajstić information content (AvgIpc) is 3.15. The number of nitrogens with zero attached hydrogens (tertiary/aromatic N) is 2. The van der Waals surface area contributed by atoms with Gasteiger partial charge >= 0.3 is 222 Å². The Morgan fingerprint density at radius 1 is 0.771 bits per heavy atom. The molecule has 3 aromatic carbocycles. The van der Waals surface area contributed by atoms with Crippen molar-refractivity contribution in [2.45, 2.75) is 67.7 Å². The summed E-state index contributed by atoms with van der Waals surface area (Å²) >= 11 is 2.97. The zero-order valence-corrected chi connectivity index (χ0v) is 24.1. The molecule has 4 heteroatoms. The van der Waals surface area contributed by atoms with Crippen LogP contribution in [-0.4, -0.2) is 29.5 Å². The van der Waals surface area contributed by atoms with Crippen LogP contribution in [0.4, 0.5) is 11.4 Å². The van der Waals surface area contributed by atoms with E-state index in [1.54, 1.807) is 0 Å².